The summed E-state index contributed by atoms with van der Waals surface area (Å²) in [5.74, 6) is -0.263. The number of rotatable bonds is 2. The van der Waals surface area contributed by atoms with Crippen LogP contribution in [0.1, 0.15) is 10.9 Å². The van der Waals surface area contributed by atoms with E-state index in [2.05, 4.69) is 10.3 Å². The van der Waals surface area contributed by atoms with E-state index in [-0.39, 0.29) is 5.91 Å². The lowest BCUT2D eigenvalue weighted by Gasteiger charge is -2.11. The highest BCUT2D eigenvalue weighted by Crippen LogP contribution is 2.31. The number of halogens is 2. The number of alkyl halides is 1. The fourth-order valence-electron chi connectivity index (χ4n) is 1.63. The van der Waals surface area contributed by atoms with Gasteiger partial charge in [0, 0.05) is 29.2 Å². The molecule has 0 saturated heterocycles. The summed E-state index contributed by atoms with van der Waals surface area (Å²) in [6, 6.07) is 7.09. The van der Waals surface area contributed by atoms with Gasteiger partial charge in [-0.25, -0.2) is 0 Å². The highest BCUT2D eigenvalue weighted by atomic mass is 35.5. The summed E-state index contributed by atoms with van der Waals surface area (Å²) < 4.78 is 0. The summed E-state index contributed by atoms with van der Waals surface area (Å²) in [4.78, 5) is 15.8. The van der Waals surface area contributed by atoms with Crippen LogP contribution >= 0.6 is 23.2 Å². The molecule has 1 N–H and O–H groups in total. The number of amides is 1. The molecule has 1 amide bonds. The predicted octanol–water partition coefficient (Wildman–Crippen LogP) is 2.91. The van der Waals surface area contributed by atoms with E-state index in [0.717, 1.165) is 5.39 Å². The van der Waals surface area contributed by atoms with Gasteiger partial charge in [0.15, 0.2) is 0 Å². The Labute approximate surface area is 109 Å². The van der Waals surface area contributed by atoms with Gasteiger partial charge in [-0.2, -0.15) is 0 Å². The Morgan fingerprint density at radius 2 is 2.18 bits per heavy atom. The number of benzene rings is 1. The maximum atomic E-state index is 11.5. The van der Waals surface area contributed by atoms with Gasteiger partial charge >= 0.3 is 0 Å². The van der Waals surface area contributed by atoms with Crippen molar-refractivity contribution in [2.45, 2.75) is 5.38 Å². The second-order valence-corrected chi connectivity index (χ2v) is 4.36. The quantitative estimate of drug-likeness (QED) is 0.852. The first-order valence-corrected chi connectivity index (χ1v) is 5.85. The highest BCUT2D eigenvalue weighted by molar-refractivity contribution is 6.36. The van der Waals surface area contributed by atoms with Gasteiger partial charge in [0.1, 0.15) is 5.38 Å². The summed E-state index contributed by atoms with van der Waals surface area (Å²) in [6.07, 6.45) is 1.65. The molecule has 0 aliphatic carbocycles. The third kappa shape index (κ3) is 2.21. The van der Waals surface area contributed by atoms with E-state index in [0.29, 0.717) is 16.1 Å². The molecule has 2 rings (SSSR count). The number of nitrogens with zero attached hydrogens (tertiary/aromatic N) is 1. The molecule has 0 spiro atoms. The number of fused-ring (bicyclic) bond motifs is 1. The second-order valence-electron chi connectivity index (χ2n) is 3.51. The van der Waals surface area contributed by atoms with Gasteiger partial charge in [0.25, 0.3) is 0 Å². The molecule has 0 aliphatic rings. The Morgan fingerprint density at radius 3 is 2.88 bits per heavy atom. The third-order valence-corrected chi connectivity index (χ3v) is 3.26. The molecule has 1 unspecified atom stereocenters. The maximum absolute atomic E-state index is 11.5. The van der Waals surface area contributed by atoms with Crippen LogP contribution in [-0.2, 0) is 4.79 Å². The molecule has 1 heterocycles. The lowest BCUT2D eigenvalue weighted by Crippen LogP contribution is -2.22. The number of carbonyl (C=O) groups excluding carboxylic acids is 1. The zero-order valence-corrected chi connectivity index (χ0v) is 10.6. The van der Waals surface area contributed by atoms with Gasteiger partial charge in [-0.3, -0.25) is 9.78 Å². The zero-order valence-electron chi connectivity index (χ0n) is 9.08. The molecular weight excluding hydrogens is 259 g/mol. The number of aromatic nitrogens is 1. The van der Waals surface area contributed by atoms with Crippen LogP contribution < -0.4 is 5.32 Å². The van der Waals surface area contributed by atoms with Crippen molar-refractivity contribution in [3.05, 3.63) is 41.0 Å². The minimum atomic E-state index is -0.769. The molecule has 88 valence electrons. The molecule has 1 aromatic heterocycles. The van der Waals surface area contributed by atoms with Crippen LogP contribution in [-0.4, -0.2) is 17.9 Å². The van der Waals surface area contributed by atoms with Crippen molar-refractivity contribution >= 4 is 40.0 Å². The third-order valence-electron chi connectivity index (χ3n) is 2.50. The topological polar surface area (TPSA) is 42.0 Å². The molecule has 1 aromatic carbocycles. The Balaban J connectivity index is 2.63. The molecule has 0 saturated carbocycles. The van der Waals surface area contributed by atoms with Crippen LogP contribution in [0.4, 0.5) is 0 Å². The lowest BCUT2D eigenvalue weighted by atomic mass is 10.1. The summed E-state index contributed by atoms with van der Waals surface area (Å²) in [6.45, 7) is 0. The largest absolute Gasteiger partial charge is 0.358 e. The predicted molar refractivity (Wildman–Crippen MR) is 69.4 cm³/mol. The fraction of sp³-hybridized carbons (Fsp3) is 0.167. The average molecular weight is 269 g/mol. The molecule has 5 heteroatoms. The van der Waals surface area contributed by atoms with E-state index in [9.17, 15) is 4.79 Å². The van der Waals surface area contributed by atoms with Crippen molar-refractivity contribution in [2.24, 2.45) is 0 Å². The molecule has 0 fully saturated rings. The second kappa shape index (κ2) is 4.90. The van der Waals surface area contributed by atoms with Crippen molar-refractivity contribution in [3.8, 4) is 0 Å². The van der Waals surface area contributed by atoms with Gasteiger partial charge in [-0.15, -0.1) is 11.6 Å². The molecule has 0 bridgehead atoms. The van der Waals surface area contributed by atoms with Crippen molar-refractivity contribution in [2.75, 3.05) is 7.05 Å². The van der Waals surface area contributed by atoms with Crippen molar-refractivity contribution in [1.82, 2.24) is 10.3 Å². The van der Waals surface area contributed by atoms with Crippen LogP contribution in [0.5, 0.6) is 0 Å². The number of carbonyl (C=O) groups is 1. The van der Waals surface area contributed by atoms with E-state index < -0.39 is 5.38 Å². The van der Waals surface area contributed by atoms with E-state index in [1.54, 1.807) is 31.4 Å². The molecule has 0 radical (unpaired) electrons. The lowest BCUT2D eigenvalue weighted by molar-refractivity contribution is -0.120. The SMILES string of the molecule is CNC(=O)C(Cl)c1ccc(Cl)c2cccnc12. The molecule has 3 nitrogen and oxygen atoms in total. The zero-order chi connectivity index (χ0) is 12.4. The summed E-state index contributed by atoms with van der Waals surface area (Å²) in [5.41, 5.74) is 1.31. The first-order chi connectivity index (χ1) is 8.15. The molecular formula is C12H10Cl2N2O. The van der Waals surface area contributed by atoms with E-state index in [1.165, 1.54) is 0 Å². The highest BCUT2D eigenvalue weighted by Gasteiger charge is 2.19. The minimum Gasteiger partial charge on any atom is -0.358 e. The van der Waals surface area contributed by atoms with E-state index in [1.807, 2.05) is 6.07 Å². The Morgan fingerprint density at radius 1 is 1.41 bits per heavy atom. The molecule has 17 heavy (non-hydrogen) atoms. The van der Waals surface area contributed by atoms with Crippen LogP contribution in [0.25, 0.3) is 10.9 Å². The monoisotopic (exact) mass is 268 g/mol. The number of pyridine rings is 1. The van der Waals surface area contributed by atoms with Gasteiger partial charge < -0.3 is 5.32 Å². The van der Waals surface area contributed by atoms with Crippen LogP contribution in [0.3, 0.4) is 0 Å². The molecule has 1 atom stereocenters. The van der Waals surface area contributed by atoms with E-state index in [4.69, 9.17) is 23.2 Å². The Bertz CT molecular complexity index is 571. The maximum Gasteiger partial charge on any atom is 0.242 e. The first kappa shape index (κ1) is 12.1. The van der Waals surface area contributed by atoms with Gasteiger partial charge in [-0.1, -0.05) is 17.7 Å². The molecule has 2 aromatic rings. The summed E-state index contributed by atoms with van der Waals surface area (Å²) in [7, 11) is 1.54. The molecule has 0 aliphatic heterocycles. The van der Waals surface area contributed by atoms with Gasteiger partial charge in [0.2, 0.25) is 5.91 Å². The van der Waals surface area contributed by atoms with Crippen molar-refractivity contribution in [1.29, 1.82) is 0 Å². The first-order valence-electron chi connectivity index (χ1n) is 5.04. The number of likely N-dealkylation sites (N-methyl/N-ethyl adjacent to an activating group) is 1. The van der Waals surface area contributed by atoms with Gasteiger partial charge in [-0.05, 0) is 18.2 Å². The Kier molecular flexibility index (Phi) is 3.50. The average Bonchev–Trinajstić information content (AvgIpc) is 2.38. The standard InChI is InChI=1S/C12H10Cl2N2O/c1-15-12(17)10(14)8-4-5-9(13)7-3-2-6-16-11(7)8/h2-6,10H,1H3,(H,15,17). The van der Waals surface area contributed by atoms with Crippen LogP contribution in [0.15, 0.2) is 30.5 Å². The van der Waals surface area contributed by atoms with Gasteiger partial charge in [0.05, 0.1) is 5.52 Å². The van der Waals surface area contributed by atoms with Crippen molar-refractivity contribution in [3.63, 3.8) is 0 Å². The summed E-state index contributed by atoms with van der Waals surface area (Å²) in [5, 5.41) is 3.13. The van der Waals surface area contributed by atoms with E-state index >= 15 is 0 Å². The normalized spacial score (nSPS) is 12.4. The minimum absolute atomic E-state index is 0.263. The van der Waals surface area contributed by atoms with Crippen molar-refractivity contribution < 1.29 is 4.79 Å². The Hall–Kier alpha value is -1.32. The van der Waals surface area contributed by atoms with Crippen LogP contribution in [0, 0.1) is 0 Å². The number of hydrogen-bond acceptors (Lipinski definition) is 2. The summed E-state index contributed by atoms with van der Waals surface area (Å²) >= 11 is 12.2. The van der Waals surface area contributed by atoms with Crippen LogP contribution in [0.2, 0.25) is 5.02 Å². The fourth-order valence-corrected chi connectivity index (χ4v) is 2.13. The smallest absolute Gasteiger partial charge is 0.242 e. The number of hydrogen-bond donors (Lipinski definition) is 1. The number of nitrogens with one attached hydrogen (secondary N) is 1.